The first-order chi connectivity index (χ1) is 26.2. The lowest BCUT2D eigenvalue weighted by Gasteiger charge is -2.34. The van der Waals surface area contributed by atoms with Gasteiger partial charge in [-0.1, -0.05) is 161 Å². The van der Waals surface area contributed by atoms with Crippen LogP contribution in [0.25, 0.3) is 44.5 Å². The standard InChI is InChI=1S/C54H70O4/c1-49(2,3)37-23-21-33(47(53(13,14)15)45(37)31-19-25-41(55)39(27-31)51(7,8)9)35-29-36(44(58)30-43(35)57)34-22-24-38(50(4,5)6)46(48(34)54(16,17)18)32-20-26-42(56)40(28-32)52(10,11)12/h19-30,55-58H,1-18H3. The summed E-state index contributed by atoms with van der Waals surface area (Å²) in [5, 5.41) is 45.9. The van der Waals surface area contributed by atoms with Crippen molar-refractivity contribution in [1.82, 2.24) is 0 Å². The topological polar surface area (TPSA) is 80.9 Å². The Balaban J connectivity index is 1.95. The van der Waals surface area contributed by atoms with Crippen LogP contribution in [0.4, 0.5) is 0 Å². The van der Waals surface area contributed by atoms with Crippen molar-refractivity contribution in [1.29, 1.82) is 0 Å². The molecule has 4 heteroatoms. The van der Waals surface area contributed by atoms with Crippen LogP contribution >= 0.6 is 0 Å². The molecule has 5 aromatic carbocycles. The molecule has 0 aliphatic heterocycles. The predicted octanol–water partition coefficient (Wildman–Crippen LogP) is 15.0. The highest BCUT2D eigenvalue weighted by Gasteiger charge is 2.34. The van der Waals surface area contributed by atoms with E-state index in [1.165, 1.54) is 17.2 Å². The molecule has 0 bridgehead atoms. The summed E-state index contributed by atoms with van der Waals surface area (Å²) in [6, 6.07) is 24.0. The second-order valence-electron chi connectivity index (χ2n) is 22.7. The lowest BCUT2D eigenvalue weighted by atomic mass is 9.70. The summed E-state index contributed by atoms with van der Waals surface area (Å²) in [4.78, 5) is 0. The maximum atomic E-state index is 11.9. The molecule has 4 N–H and O–H groups in total. The van der Waals surface area contributed by atoms with E-state index in [4.69, 9.17) is 0 Å². The van der Waals surface area contributed by atoms with E-state index in [0.717, 1.165) is 55.6 Å². The van der Waals surface area contributed by atoms with Crippen molar-refractivity contribution in [2.24, 2.45) is 0 Å². The molecule has 0 amide bonds. The Morgan fingerprint density at radius 2 is 0.586 bits per heavy atom. The molecule has 0 unspecified atom stereocenters. The Kier molecular flexibility index (Phi) is 11.1. The van der Waals surface area contributed by atoms with Crippen molar-refractivity contribution in [2.45, 2.75) is 157 Å². The monoisotopic (exact) mass is 783 g/mol. The summed E-state index contributed by atoms with van der Waals surface area (Å²) >= 11 is 0. The van der Waals surface area contributed by atoms with Crippen LogP contribution in [-0.4, -0.2) is 20.4 Å². The summed E-state index contributed by atoms with van der Waals surface area (Å²) < 4.78 is 0. The van der Waals surface area contributed by atoms with Gasteiger partial charge in [-0.15, -0.1) is 0 Å². The smallest absolute Gasteiger partial charge is 0.127 e. The summed E-state index contributed by atoms with van der Waals surface area (Å²) in [6.07, 6.45) is 0. The third-order valence-electron chi connectivity index (χ3n) is 11.4. The van der Waals surface area contributed by atoms with Gasteiger partial charge in [-0.25, -0.2) is 0 Å². The van der Waals surface area contributed by atoms with Crippen LogP contribution in [0.3, 0.4) is 0 Å². The molecule has 4 nitrogen and oxygen atoms in total. The molecule has 0 aliphatic rings. The zero-order valence-corrected chi connectivity index (χ0v) is 38.7. The summed E-state index contributed by atoms with van der Waals surface area (Å²) in [5.41, 5.74) is 11.7. The molecule has 0 atom stereocenters. The molecular formula is C54H70O4. The van der Waals surface area contributed by atoms with E-state index in [1.54, 1.807) is 0 Å². The highest BCUT2D eigenvalue weighted by atomic mass is 16.3. The van der Waals surface area contributed by atoms with Gasteiger partial charge in [-0.3, -0.25) is 0 Å². The van der Waals surface area contributed by atoms with Crippen LogP contribution in [0.5, 0.6) is 23.0 Å². The van der Waals surface area contributed by atoms with E-state index in [1.807, 2.05) is 30.3 Å². The fourth-order valence-corrected chi connectivity index (χ4v) is 8.66. The van der Waals surface area contributed by atoms with Crippen LogP contribution in [0, 0.1) is 0 Å². The number of benzene rings is 5. The fraction of sp³-hybridized carbons (Fsp3) is 0.444. The minimum Gasteiger partial charge on any atom is -0.508 e. The second kappa shape index (κ2) is 14.5. The largest absolute Gasteiger partial charge is 0.508 e. The average molecular weight is 783 g/mol. The molecule has 58 heavy (non-hydrogen) atoms. The van der Waals surface area contributed by atoms with E-state index in [0.29, 0.717) is 11.1 Å². The van der Waals surface area contributed by atoms with Crippen molar-refractivity contribution in [2.75, 3.05) is 0 Å². The van der Waals surface area contributed by atoms with Crippen molar-refractivity contribution in [3.8, 4) is 67.5 Å². The van der Waals surface area contributed by atoms with Gasteiger partial charge in [-0.05, 0) is 130 Å². The molecule has 0 aromatic heterocycles. The number of hydrogen-bond acceptors (Lipinski definition) is 4. The van der Waals surface area contributed by atoms with Gasteiger partial charge in [0.2, 0.25) is 0 Å². The molecule has 0 saturated carbocycles. The van der Waals surface area contributed by atoms with Crippen molar-refractivity contribution < 1.29 is 20.4 Å². The lowest BCUT2D eigenvalue weighted by Crippen LogP contribution is -2.21. The molecule has 310 valence electrons. The van der Waals surface area contributed by atoms with Gasteiger partial charge in [0.05, 0.1) is 0 Å². The molecular weight excluding hydrogens is 713 g/mol. The number of aromatic hydroxyl groups is 4. The average Bonchev–Trinajstić information content (AvgIpc) is 3.05. The maximum absolute atomic E-state index is 11.9. The van der Waals surface area contributed by atoms with Gasteiger partial charge in [0, 0.05) is 17.2 Å². The van der Waals surface area contributed by atoms with E-state index in [9.17, 15) is 20.4 Å². The third kappa shape index (κ3) is 8.54. The Morgan fingerprint density at radius 3 is 0.862 bits per heavy atom. The predicted molar refractivity (Wildman–Crippen MR) is 247 cm³/mol. The Labute approximate surface area is 350 Å². The van der Waals surface area contributed by atoms with Crippen molar-refractivity contribution in [3.63, 3.8) is 0 Å². The van der Waals surface area contributed by atoms with Gasteiger partial charge in [0.15, 0.2) is 0 Å². The van der Waals surface area contributed by atoms with E-state index >= 15 is 0 Å². The van der Waals surface area contributed by atoms with Crippen LogP contribution in [0.1, 0.15) is 158 Å². The molecule has 0 aliphatic carbocycles. The van der Waals surface area contributed by atoms with Crippen LogP contribution in [0.2, 0.25) is 0 Å². The molecule has 0 fully saturated rings. The van der Waals surface area contributed by atoms with Crippen molar-refractivity contribution >= 4 is 0 Å². The van der Waals surface area contributed by atoms with E-state index in [2.05, 4.69) is 161 Å². The highest BCUT2D eigenvalue weighted by molar-refractivity contribution is 5.91. The highest BCUT2D eigenvalue weighted by Crippen LogP contribution is 2.52. The van der Waals surface area contributed by atoms with Gasteiger partial charge in [0.1, 0.15) is 23.0 Å². The quantitative estimate of drug-likeness (QED) is 0.146. The van der Waals surface area contributed by atoms with Gasteiger partial charge >= 0.3 is 0 Å². The number of phenolic OH excluding ortho intramolecular Hbond substituents is 4. The van der Waals surface area contributed by atoms with Gasteiger partial charge < -0.3 is 20.4 Å². The molecule has 0 heterocycles. The maximum Gasteiger partial charge on any atom is 0.127 e. The molecule has 5 rings (SSSR count). The Morgan fingerprint density at radius 1 is 0.276 bits per heavy atom. The van der Waals surface area contributed by atoms with Crippen molar-refractivity contribution in [3.05, 3.63) is 106 Å². The van der Waals surface area contributed by atoms with Crippen LogP contribution in [0.15, 0.2) is 72.8 Å². The van der Waals surface area contributed by atoms with Gasteiger partial charge in [-0.2, -0.15) is 0 Å². The molecule has 0 spiro atoms. The first kappa shape index (κ1) is 44.4. The summed E-state index contributed by atoms with van der Waals surface area (Å²) in [5.74, 6) is 0.548. The lowest BCUT2D eigenvalue weighted by molar-refractivity contribution is 0.446. The third-order valence-corrected chi connectivity index (χ3v) is 11.4. The summed E-state index contributed by atoms with van der Waals surface area (Å²) in [6.45, 7) is 39.3. The minimum atomic E-state index is -0.377. The summed E-state index contributed by atoms with van der Waals surface area (Å²) in [7, 11) is 0. The SMILES string of the molecule is CC(C)(C)c1cc(-c2c(C(C)(C)C)ccc(-c3cc(-c4ccc(C(C)(C)C)c(-c5ccc(O)c(C(C)(C)C)c5)c4C(C)(C)C)c(O)cc3O)c2C(C)(C)C)ccc1O. The fourth-order valence-electron chi connectivity index (χ4n) is 8.66. The second-order valence-corrected chi connectivity index (χ2v) is 22.7. The van der Waals surface area contributed by atoms with Crippen LogP contribution in [-0.2, 0) is 32.5 Å². The molecule has 0 radical (unpaired) electrons. The number of rotatable bonds is 4. The molecule has 5 aromatic rings. The normalized spacial score (nSPS) is 13.3. The Hall–Kier alpha value is -4.70. The minimum absolute atomic E-state index is 0.000470. The van der Waals surface area contributed by atoms with E-state index in [-0.39, 0.29) is 55.5 Å². The van der Waals surface area contributed by atoms with Gasteiger partial charge in [0.25, 0.3) is 0 Å². The molecule has 0 saturated heterocycles. The first-order valence-electron chi connectivity index (χ1n) is 20.8. The Bertz CT molecular complexity index is 2200. The van der Waals surface area contributed by atoms with E-state index < -0.39 is 0 Å². The zero-order valence-electron chi connectivity index (χ0n) is 38.7. The first-order valence-corrected chi connectivity index (χ1v) is 20.8. The number of hydrogen-bond donors (Lipinski definition) is 4. The number of phenols is 4. The zero-order chi connectivity index (χ0) is 43.9. The van der Waals surface area contributed by atoms with Crippen LogP contribution < -0.4 is 0 Å².